The standard InChI is InChI=1S/C11H9FO3/c1-14-11(13)10-4-2-7-6-8(12)3-5-9(7)15-10/h3-6H,2H2,1H3. The van der Waals surface area contributed by atoms with Crippen LogP contribution in [0.2, 0.25) is 0 Å². The van der Waals surface area contributed by atoms with Crippen molar-refractivity contribution >= 4 is 5.97 Å². The SMILES string of the molecule is COC(=O)C1=CCc2cc(F)ccc2O1. The number of hydrogen-bond acceptors (Lipinski definition) is 3. The Morgan fingerprint density at radius 1 is 1.53 bits per heavy atom. The zero-order valence-corrected chi connectivity index (χ0v) is 8.12. The third-order valence-electron chi connectivity index (χ3n) is 2.14. The second-order valence-electron chi connectivity index (χ2n) is 3.12. The fourth-order valence-electron chi connectivity index (χ4n) is 1.40. The Bertz CT molecular complexity index is 437. The predicted molar refractivity (Wildman–Crippen MR) is 50.8 cm³/mol. The molecule has 1 aromatic carbocycles. The van der Waals surface area contributed by atoms with Crippen molar-refractivity contribution in [3.05, 3.63) is 41.4 Å². The monoisotopic (exact) mass is 208 g/mol. The van der Waals surface area contributed by atoms with Crippen molar-refractivity contribution in [2.24, 2.45) is 0 Å². The minimum absolute atomic E-state index is 0.150. The molecule has 0 spiro atoms. The molecule has 15 heavy (non-hydrogen) atoms. The van der Waals surface area contributed by atoms with E-state index in [1.165, 1.54) is 25.3 Å². The highest BCUT2D eigenvalue weighted by molar-refractivity contribution is 5.87. The Labute approximate surface area is 86.1 Å². The first-order valence-electron chi connectivity index (χ1n) is 4.45. The normalized spacial score (nSPS) is 13.6. The predicted octanol–water partition coefficient (Wildman–Crippen LogP) is 1.82. The maximum Gasteiger partial charge on any atom is 0.373 e. The van der Waals surface area contributed by atoms with Crippen molar-refractivity contribution in [1.82, 2.24) is 0 Å². The average molecular weight is 208 g/mol. The maximum absolute atomic E-state index is 12.8. The van der Waals surface area contributed by atoms with Gasteiger partial charge in [0.2, 0.25) is 5.76 Å². The van der Waals surface area contributed by atoms with Crippen molar-refractivity contribution in [1.29, 1.82) is 0 Å². The Morgan fingerprint density at radius 2 is 2.33 bits per heavy atom. The molecule has 78 valence electrons. The van der Waals surface area contributed by atoms with E-state index in [0.29, 0.717) is 12.2 Å². The highest BCUT2D eigenvalue weighted by atomic mass is 19.1. The number of hydrogen-bond donors (Lipinski definition) is 0. The van der Waals surface area contributed by atoms with E-state index in [9.17, 15) is 9.18 Å². The van der Waals surface area contributed by atoms with Crippen molar-refractivity contribution in [3.8, 4) is 5.75 Å². The van der Waals surface area contributed by atoms with E-state index in [0.717, 1.165) is 5.56 Å². The summed E-state index contributed by atoms with van der Waals surface area (Å²) >= 11 is 0. The Morgan fingerprint density at radius 3 is 3.07 bits per heavy atom. The lowest BCUT2D eigenvalue weighted by molar-refractivity contribution is -0.138. The summed E-state index contributed by atoms with van der Waals surface area (Å²) in [6.07, 6.45) is 2.05. The topological polar surface area (TPSA) is 35.5 Å². The number of esters is 1. The molecule has 1 aliphatic heterocycles. The van der Waals surface area contributed by atoms with Gasteiger partial charge in [0.25, 0.3) is 0 Å². The minimum Gasteiger partial charge on any atom is -0.463 e. The molecule has 0 aromatic heterocycles. The van der Waals surface area contributed by atoms with E-state index in [1.54, 1.807) is 6.08 Å². The van der Waals surface area contributed by atoms with Crippen LogP contribution in [0.4, 0.5) is 4.39 Å². The van der Waals surface area contributed by atoms with Gasteiger partial charge in [-0.15, -0.1) is 0 Å². The summed E-state index contributed by atoms with van der Waals surface area (Å²) < 4.78 is 22.6. The van der Waals surface area contributed by atoms with Gasteiger partial charge in [-0.25, -0.2) is 9.18 Å². The van der Waals surface area contributed by atoms with Crippen LogP contribution in [-0.4, -0.2) is 13.1 Å². The molecule has 1 aromatic rings. The number of carbonyl (C=O) groups excluding carboxylic acids is 1. The van der Waals surface area contributed by atoms with Gasteiger partial charge in [0.05, 0.1) is 7.11 Å². The van der Waals surface area contributed by atoms with Crippen LogP contribution in [0.1, 0.15) is 5.56 Å². The van der Waals surface area contributed by atoms with Crippen LogP contribution in [0.3, 0.4) is 0 Å². The van der Waals surface area contributed by atoms with Gasteiger partial charge >= 0.3 is 5.97 Å². The molecule has 0 saturated carbocycles. The molecule has 0 aliphatic carbocycles. The van der Waals surface area contributed by atoms with E-state index < -0.39 is 5.97 Å². The maximum atomic E-state index is 12.8. The van der Waals surface area contributed by atoms with Gasteiger partial charge in [-0.2, -0.15) is 0 Å². The molecular weight excluding hydrogens is 199 g/mol. The summed E-state index contributed by atoms with van der Waals surface area (Å²) in [4.78, 5) is 11.2. The molecule has 0 bridgehead atoms. The van der Waals surface area contributed by atoms with Crippen LogP contribution >= 0.6 is 0 Å². The number of benzene rings is 1. The van der Waals surface area contributed by atoms with E-state index in [-0.39, 0.29) is 11.6 Å². The molecule has 0 unspecified atom stereocenters. The van der Waals surface area contributed by atoms with E-state index in [1.807, 2.05) is 0 Å². The Balaban J connectivity index is 2.27. The Kier molecular flexibility index (Phi) is 2.41. The molecule has 0 atom stereocenters. The molecule has 0 saturated heterocycles. The number of carbonyl (C=O) groups is 1. The third-order valence-corrected chi connectivity index (χ3v) is 2.14. The number of fused-ring (bicyclic) bond motifs is 1. The fraction of sp³-hybridized carbons (Fsp3) is 0.182. The van der Waals surface area contributed by atoms with Crippen LogP contribution in [-0.2, 0) is 16.0 Å². The fourth-order valence-corrected chi connectivity index (χ4v) is 1.40. The first kappa shape index (κ1) is 9.71. The zero-order chi connectivity index (χ0) is 10.8. The largest absolute Gasteiger partial charge is 0.463 e. The molecule has 1 aliphatic rings. The van der Waals surface area contributed by atoms with Crippen LogP contribution in [0, 0.1) is 5.82 Å². The molecule has 4 heteroatoms. The summed E-state index contributed by atoms with van der Waals surface area (Å²) in [6, 6.07) is 4.18. The molecule has 0 fully saturated rings. The smallest absolute Gasteiger partial charge is 0.373 e. The van der Waals surface area contributed by atoms with Gasteiger partial charge in [0.1, 0.15) is 11.6 Å². The van der Waals surface area contributed by atoms with E-state index in [4.69, 9.17) is 4.74 Å². The lowest BCUT2D eigenvalue weighted by Crippen LogP contribution is -2.14. The van der Waals surface area contributed by atoms with Crippen molar-refractivity contribution in [3.63, 3.8) is 0 Å². The number of halogens is 1. The second-order valence-corrected chi connectivity index (χ2v) is 3.12. The minimum atomic E-state index is -0.523. The van der Waals surface area contributed by atoms with Crippen LogP contribution in [0.5, 0.6) is 5.75 Å². The summed E-state index contributed by atoms with van der Waals surface area (Å²) in [7, 11) is 1.28. The number of methoxy groups -OCH3 is 1. The molecule has 3 nitrogen and oxygen atoms in total. The first-order valence-corrected chi connectivity index (χ1v) is 4.45. The molecule has 1 heterocycles. The van der Waals surface area contributed by atoms with E-state index >= 15 is 0 Å². The van der Waals surface area contributed by atoms with E-state index in [2.05, 4.69) is 4.74 Å². The molecule has 2 rings (SSSR count). The average Bonchev–Trinajstić information content (AvgIpc) is 2.27. The lowest BCUT2D eigenvalue weighted by Gasteiger charge is -2.16. The van der Waals surface area contributed by atoms with Gasteiger partial charge in [0, 0.05) is 5.56 Å². The molecule has 0 amide bonds. The van der Waals surface area contributed by atoms with Crippen LogP contribution in [0.15, 0.2) is 30.0 Å². The summed E-state index contributed by atoms with van der Waals surface area (Å²) in [6.45, 7) is 0. The third kappa shape index (κ3) is 1.83. The molecule has 0 N–H and O–H groups in total. The zero-order valence-electron chi connectivity index (χ0n) is 8.12. The molecule has 0 radical (unpaired) electrons. The number of allylic oxidation sites excluding steroid dienone is 1. The van der Waals surface area contributed by atoms with Crippen molar-refractivity contribution < 1.29 is 18.7 Å². The number of rotatable bonds is 1. The van der Waals surface area contributed by atoms with Crippen LogP contribution < -0.4 is 4.74 Å². The first-order chi connectivity index (χ1) is 7.20. The quantitative estimate of drug-likeness (QED) is 0.660. The van der Waals surface area contributed by atoms with Crippen molar-refractivity contribution in [2.75, 3.05) is 7.11 Å². The Hall–Kier alpha value is -1.84. The summed E-state index contributed by atoms with van der Waals surface area (Å²) in [5, 5.41) is 0. The summed E-state index contributed by atoms with van der Waals surface area (Å²) in [5.41, 5.74) is 0.725. The lowest BCUT2D eigenvalue weighted by atomic mass is 10.1. The number of ether oxygens (including phenoxy) is 2. The van der Waals surface area contributed by atoms with Crippen LogP contribution in [0.25, 0.3) is 0 Å². The van der Waals surface area contributed by atoms with Gasteiger partial charge in [-0.05, 0) is 30.7 Å². The molecular formula is C11H9FO3. The highest BCUT2D eigenvalue weighted by Crippen LogP contribution is 2.27. The van der Waals surface area contributed by atoms with Gasteiger partial charge < -0.3 is 9.47 Å². The van der Waals surface area contributed by atoms with Crippen molar-refractivity contribution in [2.45, 2.75) is 6.42 Å². The van der Waals surface area contributed by atoms with Gasteiger partial charge in [0.15, 0.2) is 0 Å². The van der Waals surface area contributed by atoms with Gasteiger partial charge in [-0.1, -0.05) is 0 Å². The second kappa shape index (κ2) is 3.73. The summed E-state index contributed by atoms with van der Waals surface area (Å²) in [5.74, 6) is -0.187. The van der Waals surface area contributed by atoms with Gasteiger partial charge in [-0.3, -0.25) is 0 Å². The highest BCUT2D eigenvalue weighted by Gasteiger charge is 2.18.